The predicted molar refractivity (Wildman–Crippen MR) is 159 cm³/mol. The van der Waals surface area contributed by atoms with Crippen LogP contribution in [0.4, 0.5) is 11.4 Å². The number of aliphatic imine (C=N–C) groups is 2. The van der Waals surface area contributed by atoms with Crippen LogP contribution in [0.5, 0.6) is 0 Å². The van der Waals surface area contributed by atoms with Crippen LogP contribution in [0.3, 0.4) is 0 Å². The van der Waals surface area contributed by atoms with Crippen LogP contribution in [-0.4, -0.2) is 32.0 Å². The van der Waals surface area contributed by atoms with Crippen LogP contribution in [0.2, 0.25) is 0 Å². The standard InChI is InChI=1S/C28H22Br2N6O2/c1-17-25(27(37)35(33-17)23-10-6-19(29)7-11-23)15-31-21-4-3-5-22(14-21)32-16-26-18(2)34-36(28(26)38)24-12-8-20(30)9-13-24/h3-16,33-34H,1-2H3. The molecule has 0 radical (unpaired) electrons. The topological polar surface area (TPSA) is 100 Å². The van der Waals surface area contributed by atoms with E-state index < -0.39 is 0 Å². The van der Waals surface area contributed by atoms with Crippen molar-refractivity contribution >= 4 is 55.7 Å². The summed E-state index contributed by atoms with van der Waals surface area (Å²) in [7, 11) is 0. The molecule has 2 N–H and O–H groups in total. The molecule has 0 bridgehead atoms. The van der Waals surface area contributed by atoms with Crippen molar-refractivity contribution in [1.82, 2.24) is 19.6 Å². The second-order valence-corrected chi connectivity index (χ2v) is 10.4. The first-order valence-electron chi connectivity index (χ1n) is 11.6. The molecule has 0 fully saturated rings. The molecule has 3 aromatic carbocycles. The zero-order chi connectivity index (χ0) is 26.8. The normalized spacial score (nSPS) is 11.7. The van der Waals surface area contributed by atoms with Gasteiger partial charge >= 0.3 is 0 Å². The zero-order valence-corrected chi connectivity index (χ0v) is 23.6. The van der Waals surface area contributed by atoms with Crippen molar-refractivity contribution < 1.29 is 0 Å². The Morgan fingerprint density at radius 2 is 1.05 bits per heavy atom. The van der Waals surface area contributed by atoms with Gasteiger partial charge in [-0.15, -0.1) is 0 Å². The first-order valence-corrected chi connectivity index (χ1v) is 13.2. The summed E-state index contributed by atoms with van der Waals surface area (Å²) in [5, 5.41) is 6.20. The van der Waals surface area contributed by atoms with Gasteiger partial charge in [0.25, 0.3) is 11.1 Å². The van der Waals surface area contributed by atoms with Crippen molar-refractivity contribution in [2.24, 2.45) is 9.98 Å². The number of nitrogens with one attached hydrogen (secondary N) is 2. The van der Waals surface area contributed by atoms with Crippen molar-refractivity contribution in [2.75, 3.05) is 0 Å². The summed E-state index contributed by atoms with van der Waals surface area (Å²) in [6, 6.07) is 22.2. The van der Waals surface area contributed by atoms with E-state index in [1.54, 1.807) is 18.5 Å². The lowest BCUT2D eigenvalue weighted by molar-refractivity contribution is 0.835. The number of aryl methyl sites for hydroxylation is 2. The Balaban J connectivity index is 1.38. The van der Waals surface area contributed by atoms with Crippen LogP contribution < -0.4 is 11.1 Å². The number of hydrogen-bond acceptors (Lipinski definition) is 4. The highest BCUT2D eigenvalue weighted by molar-refractivity contribution is 9.10. The maximum atomic E-state index is 13.0. The van der Waals surface area contributed by atoms with Crippen molar-refractivity contribution in [3.8, 4) is 11.4 Å². The second-order valence-electron chi connectivity index (χ2n) is 8.57. The van der Waals surface area contributed by atoms with Gasteiger partial charge in [0, 0.05) is 32.8 Å². The van der Waals surface area contributed by atoms with Crippen LogP contribution in [0, 0.1) is 13.8 Å². The molecule has 8 nitrogen and oxygen atoms in total. The van der Waals surface area contributed by atoms with Crippen molar-refractivity contribution in [3.05, 3.63) is 125 Å². The van der Waals surface area contributed by atoms with Crippen LogP contribution in [0.1, 0.15) is 22.5 Å². The maximum absolute atomic E-state index is 13.0. The molecule has 0 aliphatic carbocycles. The molecule has 5 rings (SSSR count). The van der Waals surface area contributed by atoms with E-state index in [-0.39, 0.29) is 11.1 Å². The Hall–Kier alpha value is -4.02. The summed E-state index contributed by atoms with van der Waals surface area (Å²) in [4.78, 5) is 35.0. The molecule has 0 atom stereocenters. The molecular weight excluding hydrogens is 612 g/mol. The Labute approximate surface area is 234 Å². The number of hydrogen-bond donors (Lipinski definition) is 2. The van der Waals surface area contributed by atoms with E-state index in [2.05, 4.69) is 52.0 Å². The summed E-state index contributed by atoms with van der Waals surface area (Å²) >= 11 is 6.82. The summed E-state index contributed by atoms with van der Waals surface area (Å²) in [5.41, 5.74) is 4.72. The van der Waals surface area contributed by atoms with Crippen LogP contribution in [0.15, 0.2) is 101 Å². The minimum Gasteiger partial charge on any atom is -0.295 e. The number of aromatic amines is 2. The SMILES string of the molecule is Cc1[nH]n(-c2ccc(Br)cc2)c(=O)c1C=Nc1cccc(N=Cc2c(C)[nH]n(-c3ccc(Br)cc3)c2=O)c1. The van der Waals surface area contributed by atoms with E-state index in [1.165, 1.54) is 9.36 Å². The molecular formula is C28H22Br2N6O2. The predicted octanol–water partition coefficient (Wildman–Crippen LogP) is 6.29. The van der Waals surface area contributed by atoms with Gasteiger partial charge in [0.15, 0.2) is 0 Å². The zero-order valence-electron chi connectivity index (χ0n) is 20.4. The molecule has 5 aromatic rings. The van der Waals surface area contributed by atoms with E-state index in [4.69, 9.17) is 0 Å². The molecule has 0 unspecified atom stereocenters. The molecule has 190 valence electrons. The van der Waals surface area contributed by atoms with Gasteiger partial charge in [0.1, 0.15) is 0 Å². The number of aromatic nitrogens is 4. The molecule has 10 heteroatoms. The Morgan fingerprint density at radius 3 is 1.45 bits per heavy atom. The fraction of sp³-hybridized carbons (Fsp3) is 0.0714. The Morgan fingerprint density at radius 1 is 0.658 bits per heavy atom. The average Bonchev–Trinajstić information content (AvgIpc) is 3.36. The van der Waals surface area contributed by atoms with Gasteiger partial charge in [-0.25, -0.2) is 9.36 Å². The number of halogens is 2. The lowest BCUT2D eigenvalue weighted by atomic mass is 10.2. The van der Waals surface area contributed by atoms with Gasteiger partial charge in [0.05, 0.1) is 33.9 Å². The lowest BCUT2D eigenvalue weighted by Crippen LogP contribution is -2.17. The fourth-order valence-corrected chi connectivity index (χ4v) is 4.43. The average molecular weight is 634 g/mol. The monoisotopic (exact) mass is 632 g/mol. The van der Waals surface area contributed by atoms with Gasteiger partial charge in [-0.3, -0.25) is 29.8 Å². The van der Waals surface area contributed by atoms with Gasteiger partial charge < -0.3 is 0 Å². The maximum Gasteiger partial charge on any atom is 0.280 e. The summed E-state index contributed by atoms with van der Waals surface area (Å²) < 4.78 is 4.85. The molecule has 0 saturated carbocycles. The third-order valence-corrected chi connectivity index (χ3v) is 6.98. The third-order valence-electron chi connectivity index (χ3n) is 5.92. The summed E-state index contributed by atoms with van der Waals surface area (Å²) in [5.74, 6) is 0. The molecule has 0 amide bonds. The molecule has 0 spiro atoms. The number of H-pyrrole nitrogens is 2. The van der Waals surface area contributed by atoms with E-state index in [0.717, 1.165) is 20.3 Å². The van der Waals surface area contributed by atoms with Gasteiger partial charge in [-0.2, -0.15) is 0 Å². The van der Waals surface area contributed by atoms with E-state index in [0.29, 0.717) is 33.9 Å². The van der Waals surface area contributed by atoms with Gasteiger partial charge in [-0.1, -0.05) is 37.9 Å². The van der Waals surface area contributed by atoms with E-state index in [1.807, 2.05) is 80.6 Å². The minimum atomic E-state index is -0.187. The highest BCUT2D eigenvalue weighted by atomic mass is 79.9. The Bertz CT molecular complexity index is 1660. The number of benzene rings is 3. The van der Waals surface area contributed by atoms with Crippen LogP contribution >= 0.6 is 31.9 Å². The van der Waals surface area contributed by atoms with Gasteiger partial charge in [-0.05, 0) is 80.6 Å². The summed E-state index contributed by atoms with van der Waals surface area (Å²) in [6.45, 7) is 3.66. The molecule has 38 heavy (non-hydrogen) atoms. The van der Waals surface area contributed by atoms with Crippen LogP contribution in [0.25, 0.3) is 11.4 Å². The summed E-state index contributed by atoms with van der Waals surface area (Å²) in [6.07, 6.45) is 3.11. The smallest absolute Gasteiger partial charge is 0.280 e. The number of rotatable bonds is 6. The third kappa shape index (κ3) is 5.32. The molecule has 2 aromatic heterocycles. The van der Waals surface area contributed by atoms with Crippen LogP contribution in [-0.2, 0) is 0 Å². The van der Waals surface area contributed by atoms with Crippen molar-refractivity contribution in [3.63, 3.8) is 0 Å². The first kappa shape index (κ1) is 25.6. The highest BCUT2D eigenvalue weighted by Crippen LogP contribution is 2.21. The van der Waals surface area contributed by atoms with E-state index >= 15 is 0 Å². The van der Waals surface area contributed by atoms with Crippen molar-refractivity contribution in [1.29, 1.82) is 0 Å². The second kappa shape index (κ2) is 10.8. The van der Waals surface area contributed by atoms with Gasteiger partial charge in [0.2, 0.25) is 0 Å². The molecule has 0 aliphatic heterocycles. The molecule has 0 saturated heterocycles. The number of nitrogens with zero attached hydrogens (tertiary/aromatic N) is 4. The quantitative estimate of drug-likeness (QED) is 0.215. The molecule has 0 aliphatic rings. The van der Waals surface area contributed by atoms with E-state index in [9.17, 15) is 9.59 Å². The minimum absolute atomic E-state index is 0.187. The largest absolute Gasteiger partial charge is 0.295 e. The Kier molecular flexibility index (Phi) is 7.26. The van der Waals surface area contributed by atoms with Crippen molar-refractivity contribution in [2.45, 2.75) is 13.8 Å². The highest BCUT2D eigenvalue weighted by Gasteiger charge is 2.12. The molecule has 2 heterocycles. The lowest BCUT2D eigenvalue weighted by Gasteiger charge is -2.00. The first-order chi connectivity index (χ1) is 18.3. The fourth-order valence-electron chi connectivity index (χ4n) is 3.90.